The van der Waals surface area contributed by atoms with Crippen LogP contribution in [0.1, 0.15) is 13.8 Å². The van der Waals surface area contributed by atoms with Crippen molar-refractivity contribution < 1.29 is 0 Å². The number of hydrogen-bond donors (Lipinski definition) is 0. The first-order valence-electron chi connectivity index (χ1n) is 3.76. The molecule has 0 saturated carbocycles. The molecule has 0 fully saturated rings. The van der Waals surface area contributed by atoms with Gasteiger partial charge in [0.25, 0.3) is 0 Å². The number of rotatable bonds is 3. The van der Waals surface area contributed by atoms with E-state index in [0.717, 1.165) is 0 Å². The third-order valence-electron chi connectivity index (χ3n) is 1.69. The van der Waals surface area contributed by atoms with E-state index < -0.39 is 0 Å². The van der Waals surface area contributed by atoms with E-state index in [-0.39, 0.29) is 7.92 Å². The van der Waals surface area contributed by atoms with Crippen molar-refractivity contribution in [2.75, 3.05) is 12.3 Å². The Morgan fingerprint density at radius 3 is 2.50 bits per heavy atom. The summed E-state index contributed by atoms with van der Waals surface area (Å²) >= 11 is 0. The van der Waals surface area contributed by atoms with Gasteiger partial charge < -0.3 is 0 Å². The second kappa shape index (κ2) is 3.76. The van der Waals surface area contributed by atoms with E-state index in [9.17, 15) is 0 Å². The minimum absolute atomic E-state index is 0.130. The first-order valence-corrected chi connectivity index (χ1v) is 5.48. The molecule has 0 nitrogen and oxygen atoms in total. The van der Waals surface area contributed by atoms with Crippen LogP contribution in [0.15, 0.2) is 29.3 Å². The summed E-state index contributed by atoms with van der Waals surface area (Å²) in [5.41, 5.74) is 3.27. The van der Waals surface area contributed by atoms with Crippen LogP contribution in [0.3, 0.4) is 0 Å². The van der Waals surface area contributed by atoms with Gasteiger partial charge in [-0.3, -0.25) is 0 Å². The Bertz CT molecular complexity index is 191. The summed E-state index contributed by atoms with van der Waals surface area (Å²) in [4.78, 5) is 0. The molecule has 0 heterocycles. The first kappa shape index (κ1) is 7.79. The molecule has 0 N–H and O–H groups in total. The second-order valence-corrected chi connectivity index (χ2v) is 5.05. The molecule has 0 aromatic rings. The highest BCUT2D eigenvalue weighted by Gasteiger charge is 2.06. The maximum atomic E-state index is 3.27. The normalized spacial score (nSPS) is 14.9. The molecule has 1 rings (SSSR count). The molecule has 1 aliphatic carbocycles. The minimum Gasteiger partial charge on any atom is -0.112 e. The van der Waals surface area contributed by atoms with Crippen LogP contribution < -0.4 is 0 Å². The van der Waals surface area contributed by atoms with Gasteiger partial charge in [0, 0.05) is 5.31 Å². The Morgan fingerprint density at radius 1 is 1.40 bits per heavy atom. The topological polar surface area (TPSA) is 0 Å². The van der Waals surface area contributed by atoms with Gasteiger partial charge in [-0.05, 0) is 24.5 Å². The third kappa shape index (κ3) is 1.59. The monoisotopic (exact) mass is 152 g/mol. The lowest BCUT2D eigenvalue weighted by molar-refractivity contribution is 1.41. The molecule has 0 atom stereocenters. The van der Waals surface area contributed by atoms with E-state index in [4.69, 9.17) is 0 Å². The van der Waals surface area contributed by atoms with Crippen LogP contribution in [0.2, 0.25) is 0 Å². The summed E-state index contributed by atoms with van der Waals surface area (Å²) in [5, 5.41) is 1.44. The van der Waals surface area contributed by atoms with Gasteiger partial charge >= 0.3 is 0 Å². The standard InChI is InChI=1S/C9H13P/c1-3-10(4-2)9-7-5-6-8-9/h5-7H,3-4H2,1-2H3. The lowest BCUT2D eigenvalue weighted by Gasteiger charge is -2.10. The summed E-state index contributed by atoms with van der Waals surface area (Å²) in [5.74, 6) is 0. The lowest BCUT2D eigenvalue weighted by Crippen LogP contribution is -1.82. The fourth-order valence-corrected chi connectivity index (χ4v) is 2.76. The first-order chi connectivity index (χ1) is 4.88. The van der Waals surface area contributed by atoms with Crippen LogP contribution in [0.5, 0.6) is 0 Å². The molecule has 0 aromatic carbocycles. The van der Waals surface area contributed by atoms with Crippen molar-refractivity contribution in [2.24, 2.45) is 0 Å². The molecule has 0 amide bonds. The molecule has 1 heteroatoms. The SMILES string of the molecule is CCP(CC)C1=C=CC=C1. The molecule has 0 saturated heterocycles. The van der Waals surface area contributed by atoms with Crippen molar-refractivity contribution in [1.82, 2.24) is 0 Å². The Labute approximate surface area is 64.1 Å². The van der Waals surface area contributed by atoms with Crippen molar-refractivity contribution in [3.05, 3.63) is 29.3 Å². The molecule has 0 bridgehead atoms. The van der Waals surface area contributed by atoms with Crippen LogP contribution in [0, 0.1) is 0 Å². The van der Waals surface area contributed by atoms with Crippen LogP contribution in [-0.2, 0) is 0 Å². The zero-order valence-electron chi connectivity index (χ0n) is 6.59. The van der Waals surface area contributed by atoms with Crippen molar-refractivity contribution >= 4 is 7.92 Å². The van der Waals surface area contributed by atoms with Gasteiger partial charge in [-0.15, -0.1) is 5.73 Å². The highest BCUT2D eigenvalue weighted by Crippen LogP contribution is 2.44. The molecular formula is C9H13P. The van der Waals surface area contributed by atoms with Crippen molar-refractivity contribution in [1.29, 1.82) is 0 Å². The maximum absolute atomic E-state index is 3.27. The van der Waals surface area contributed by atoms with Crippen LogP contribution in [0.4, 0.5) is 0 Å². The average Bonchev–Trinajstić information content (AvgIpc) is 2.43. The third-order valence-corrected chi connectivity index (χ3v) is 4.17. The molecular weight excluding hydrogens is 139 g/mol. The Kier molecular flexibility index (Phi) is 2.93. The zero-order chi connectivity index (χ0) is 7.40. The predicted molar refractivity (Wildman–Crippen MR) is 48.7 cm³/mol. The fourth-order valence-electron chi connectivity index (χ4n) is 1.08. The van der Waals surface area contributed by atoms with Crippen molar-refractivity contribution in [2.45, 2.75) is 13.8 Å². The zero-order valence-corrected chi connectivity index (χ0v) is 7.49. The smallest absolute Gasteiger partial charge is 0.0174 e. The van der Waals surface area contributed by atoms with Gasteiger partial charge in [0.1, 0.15) is 0 Å². The van der Waals surface area contributed by atoms with Crippen LogP contribution in [-0.4, -0.2) is 12.3 Å². The van der Waals surface area contributed by atoms with Crippen LogP contribution >= 0.6 is 7.92 Å². The Hall–Kier alpha value is -0.310. The molecule has 0 unspecified atom stereocenters. The van der Waals surface area contributed by atoms with E-state index in [0.29, 0.717) is 0 Å². The Morgan fingerprint density at radius 2 is 2.10 bits per heavy atom. The molecule has 10 heavy (non-hydrogen) atoms. The molecule has 0 aliphatic heterocycles. The molecule has 54 valence electrons. The van der Waals surface area contributed by atoms with Gasteiger partial charge in [0.2, 0.25) is 0 Å². The highest BCUT2D eigenvalue weighted by molar-refractivity contribution is 7.62. The largest absolute Gasteiger partial charge is 0.112 e. The predicted octanol–water partition coefficient (Wildman–Crippen LogP) is 3.12. The molecule has 0 aromatic heterocycles. The quantitative estimate of drug-likeness (QED) is 0.430. The summed E-state index contributed by atoms with van der Waals surface area (Å²) in [6, 6.07) is 0. The lowest BCUT2D eigenvalue weighted by atomic mass is 10.6. The number of allylic oxidation sites excluding steroid dienone is 3. The molecule has 0 radical (unpaired) electrons. The van der Waals surface area contributed by atoms with Crippen LogP contribution in [0.25, 0.3) is 0 Å². The van der Waals surface area contributed by atoms with Gasteiger partial charge in [0.05, 0.1) is 0 Å². The second-order valence-electron chi connectivity index (χ2n) is 2.23. The van der Waals surface area contributed by atoms with Crippen molar-refractivity contribution in [3.8, 4) is 0 Å². The summed E-state index contributed by atoms with van der Waals surface area (Å²) in [6.07, 6.45) is 8.88. The maximum Gasteiger partial charge on any atom is 0.0174 e. The average molecular weight is 152 g/mol. The molecule has 1 aliphatic rings. The van der Waals surface area contributed by atoms with E-state index >= 15 is 0 Å². The van der Waals surface area contributed by atoms with E-state index in [1.807, 2.05) is 6.08 Å². The van der Waals surface area contributed by atoms with Crippen molar-refractivity contribution in [3.63, 3.8) is 0 Å². The van der Waals surface area contributed by atoms with Gasteiger partial charge in [-0.25, -0.2) is 0 Å². The number of hydrogen-bond acceptors (Lipinski definition) is 0. The van der Waals surface area contributed by atoms with E-state index in [1.54, 1.807) is 0 Å². The van der Waals surface area contributed by atoms with Gasteiger partial charge in [-0.1, -0.05) is 27.8 Å². The minimum atomic E-state index is 0.130. The summed E-state index contributed by atoms with van der Waals surface area (Å²) in [7, 11) is 0.130. The highest BCUT2D eigenvalue weighted by atomic mass is 31.1. The summed E-state index contributed by atoms with van der Waals surface area (Å²) in [6.45, 7) is 4.52. The molecule has 0 spiro atoms. The van der Waals surface area contributed by atoms with Gasteiger partial charge in [-0.2, -0.15) is 0 Å². The fraction of sp³-hybridized carbons (Fsp3) is 0.444. The van der Waals surface area contributed by atoms with E-state index in [2.05, 4.69) is 31.7 Å². The van der Waals surface area contributed by atoms with Gasteiger partial charge in [0.15, 0.2) is 0 Å². The summed E-state index contributed by atoms with van der Waals surface area (Å²) < 4.78 is 0. The Balaban J connectivity index is 2.63. The van der Waals surface area contributed by atoms with E-state index in [1.165, 1.54) is 17.6 Å².